The molecule has 1 unspecified atom stereocenters. The van der Waals surface area contributed by atoms with Gasteiger partial charge in [-0.1, -0.05) is 53.9 Å². The molecule has 10 heteroatoms. The Morgan fingerprint density at radius 2 is 2.05 bits per heavy atom. The first-order chi connectivity index (χ1) is 9.95. The molecule has 0 radical (unpaired) electrons. The summed E-state index contributed by atoms with van der Waals surface area (Å²) < 4.78 is 6.76. The van der Waals surface area contributed by atoms with Crippen LogP contribution < -0.4 is 5.73 Å². The number of nitrogens with zero attached hydrogens (tertiary/aromatic N) is 4. The molecule has 2 rings (SSSR count). The molecule has 0 aliphatic rings. The van der Waals surface area contributed by atoms with Crippen LogP contribution in [0, 0.1) is 0 Å². The zero-order valence-electron chi connectivity index (χ0n) is 11.8. The van der Waals surface area contributed by atoms with E-state index < -0.39 is 0 Å². The molecule has 2 N–H and O–H groups in total. The third-order valence-electron chi connectivity index (χ3n) is 2.33. The van der Waals surface area contributed by atoms with E-state index in [1.807, 2.05) is 20.8 Å². The molecular weight excluding hydrogens is 330 g/mol. The summed E-state index contributed by atoms with van der Waals surface area (Å²) in [7, 11) is 0. The van der Waals surface area contributed by atoms with E-state index in [4.69, 9.17) is 10.3 Å². The van der Waals surface area contributed by atoms with Gasteiger partial charge < -0.3 is 10.3 Å². The number of hydrogen-bond acceptors (Lipinski definition) is 9. The van der Waals surface area contributed by atoms with Gasteiger partial charge in [0.25, 0.3) is 0 Å². The van der Waals surface area contributed by atoms with Crippen molar-refractivity contribution in [2.45, 2.75) is 40.6 Å². The van der Waals surface area contributed by atoms with Crippen molar-refractivity contribution >= 4 is 40.8 Å². The summed E-state index contributed by atoms with van der Waals surface area (Å²) in [5.41, 5.74) is 5.09. The fourth-order valence-corrected chi connectivity index (χ4v) is 4.22. The predicted octanol–water partition coefficient (Wildman–Crippen LogP) is 2.48. The Hall–Kier alpha value is -1.13. The van der Waals surface area contributed by atoms with Gasteiger partial charge in [-0.3, -0.25) is 4.79 Å². The van der Waals surface area contributed by atoms with Gasteiger partial charge in [-0.05, 0) is 6.92 Å². The molecule has 21 heavy (non-hydrogen) atoms. The summed E-state index contributed by atoms with van der Waals surface area (Å²) in [6.45, 7) is 6.00. The van der Waals surface area contributed by atoms with Crippen LogP contribution in [0.2, 0.25) is 0 Å². The lowest BCUT2D eigenvalue weighted by atomic mass is 10.2. The minimum atomic E-state index is -0.371. The summed E-state index contributed by atoms with van der Waals surface area (Å²) in [4.78, 5) is 15.1. The highest BCUT2D eigenvalue weighted by Crippen LogP contribution is 2.37. The topological polar surface area (TPSA) is 108 Å². The van der Waals surface area contributed by atoms with Crippen LogP contribution in [0.5, 0.6) is 0 Å². The number of carbonyl (C=O) groups excluding carboxylic acids is 1. The van der Waals surface area contributed by atoms with E-state index in [9.17, 15) is 4.79 Å². The van der Waals surface area contributed by atoms with Gasteiger partial charge >= 0.3 is 0 Å². The van der Waals surface area contributed by atoms with Crippen LogP contribution in [0.3, 0.4) is 0 Å². The van der Waals surface area contributed by atoms with Gasteiger partial charge in [-0.15, -0.1) is 10.2 Å². The van der Waals surface area contributed by atoms with E-state index in [0.717, 1.165) is 8.68 Å². The molecular formula is C11H15N5O2S3. The Bertz CT molecular complexity index is 613. The van der Waals surface area contributed by atoms with Crippen molar-refractivity contribution in [3.05, 3.63) is 11.7 Å². The molecule has 0 aromatic carbocycles. The largest absolute Gasteiger partial charge is 0.369 e. The standard InChI is InChI=1S/C11H15N5O2S3/c1-5(2)8-13-9(18-16-8)6(3)20-11-15-14-10(21-11)19-4-7(12)17/h5-6H,4H2,1-3H3,(H2,12,17). The van der Waals surface area contributed by atoms with E-state index >= 15 is 0 Å². The van der Waals surface area contributed by atoms with Gasteiger partial charge in [0.15, 0.2) is 14.5 Å². The average molecular weight is 345 g/mol. The van der Waals surface area contributed by atoms with Crippen molar-refractivity contribution < 1.29 is 9.32 Å². The average Bonchev–Trinajstić information content (AvgIpc) is 3.05. The fraction of sp³-hybridized carbons (Fsp3) is 0.545. The minimum Gasteiger partial charge on any atom is -0.369 e. The minimum absolute atomic E-state index is 0.00746. The van der Waals surface area contributed by atoms with E-state index in [1.165, 1.54) is 34.9 Å². The van der Waals surface area contributed by atoms with Crippen molar-refractivity contribution in [1.82, 2.24) is 20.3 Å². The molecule has 2 aromatic heterocycles. The number of hydrogen-bond donors (Lipinski definition) is 1. The highest BCUT2D eigenvalue weighted by atomic mass is 32.2. The first-order valence-electron chi connectivity index (χ1n) is 6.20. The lowest BCUT2D eigenvalue weighted by molar-refractivity contribution is -0.115. The molecule has 0 saturated carbocycles. The third kappa shape index (κ3) is 4.68. The zero-order chi connectivity index (χ0) is 15.4. The predicted molar refractivity (Wildman–Crippen MR) is 82.5 cm³/mol. The summed E-state index contributed by atoms with van der Waals surface area (Å²) in [6.07, 6.45) is 0. The van der Waals surface area contributed by atoms with Crippen LogP contribution in [0.4, 0.5) is 0 Å². The molecule has 0 fully saturated rings. The lowest BCUT2D eigenvalue weighted by Gasteiger charge is -2.01. The second-order valence-electron chi connectivity index (χ2n) is 4.49. The highest BCUT2D eigenvalue weighted by molar-refractivity contribution is 8.03. The quantitative estimate of drug-likeness (QED) is 0.762. The number of amides is 1. The molecule has 1 amide bonds. The van der Waals surface area contributed by atoms with E-state index in [0.29, 0.717) is 11.7 Å². The lowest BCUT2D eigenvalue weighted by Crippen LogP contribution is -2.12. The second-order valence-corrected chi connectivity index (χ2v) is 8.28. The Morgan fingerprint density at radius 3 is 2.67 bits per heavy atom. The van der Waals surface area contributed by atoms with Crippen LogP contribution in [-0.2, 0) is 4.79 Å². The first kappa shape index (κ1) is 16.2. The maximum Gasteiger partial charge on any atom is 0.239 e. The van der Waals surface area contributed by atoms with E-state index in [2.05, 4.69) is 20.3 Å². The maximum absolute atomic E-state index is 10.7. The van der Waals surface area contributed by atoms with Crippen molar-refractivity contribution in [2.24, 2.45) is 5.73 Å². The van der Waals surface area contributed by atoms with Gasteiger partial charge in [0.05, 0.1) is 11.0 Å². The molecule has 0 saturated heterocycles. The highest BCUT2D eigenvalue weighted by Gasteiger charge is 2.19. The number of aromatic nitrogens is 4. The SMILES string of the molecule is CC(C)c1noc(C(C)Sc2nnc(SCC(N)=O)s2)n1. The van der Waals surface area contributed by atoms with Gasteiger partial charge in [-0.2, -0.15) is 4.98 Å². The summed E-state index contributed by atoms with van der Waals surface area (Å²) in [5, 5.41) is 12.0. The smallest absolute Gasteiger partial charge is 0.239 e. The zero-order valence-corrected chi connectivity index (χ0v) is 14.2. The molecule has 2 heterocycles. The number of primary amides is 1. The summed E-state index contributed by atoms with van der Waals surface area (Å²) >= 11 is 4.20. The van der Waals surface area contributed by atoms with Crippen molar-refractivity contribution in [3.8, 4) is 0 Å². The summed E-state index contributed by atoms with van der Waals surface area (Å²) in [5.74, 6) is 1.34. The van der Waals surface area contributed by atoms with Gasteiger partial charge in [-0.25, -0.2) is 0 Å². The van der Waals surface area contributed by atoms with Gasteiger partial charge in [0.2, 0.25) is 11.8 Å². The maximum atomic E-state index is 10.7. The molecule has 7 nitrogen and oxygen atoms in total. The number of rotatable bonds is 7. The van der Waals surface area contributed by atoms with Crippen LogP contribution in [0.15, 0.2) is 13.2 Å². The van der Waals surface area contributed by atoms with Gasteiger partial charge in [0, 0.05) is 5.92 Å². The normalized spacial score (nSPS) is 12.8. The van der Waals surface area contributed by atoms with Crippen LogP contribution in [-0.4, -0.2) is 32.0 Å². The van der Waals surface area contributed by atoms with Crippen molar-refractivity contribution in [3.63, 3.8) is 0 Å². The molecule has 0 aliphatic heterocycles. The van der Waals surface area contributed by atoms with E-state index in [-0.39, 0.29) is 22.8 Å². The molecule has 1 atom stereocenters. The number of carbonyl (C=O) groups is 1. The second kappa shape index (κ2) is 7.23. The fourth-order valence-electron chi connectivity index (χ4n) is 1.28. The van der Waals surface area contributed by atoms with Crippen LogP contribution in [0.25, 0.3) is 0 Å². The molecule has 0 bridgehead atoms. The molecule has 114 valence electrons. The Kier molecular flexibility index (Phi) is 5.59. The van der Waals surface area contributed by atoms with Crippen LogP contribution >= 0.6 is 34.9 Å². The van der Waals surface area contributed by atoms with Crippen molar-refractivity contribution in [1.29, 1.82) is 0 Å². The molecule has 0 aliphatic carbocycles. The monoisotopic (exact) mass is 345 g/mol. The Balaban J connectivity index is 1.95. The van der Waals surface area contributed by atoms with E-state index in [1.54, 1.807) is 0 Å². The number of nitrogens with two attached hydrogens (primary N) is 1. The molecule has 0 spiro atoms. The Labute approximate surface area is 134 Å². The summed E-state index contributed by atoms with van der Waals surface area (Å²) in [6, 6.07) is 0. The van der Waals surface area contributed by atoms with Gasteiger partial charge in [0.1, 0.15) is 0 Å². The Morgan fingerprint density at radius 1 is 1.33 bits per heavy atom. The van der Waals surface area contributed by atoms with Crippen molar-refractivity contribution in [2.75, 3.05) is 5.75 Å². The number of thioether (sulfide) groups is 2. The molecule has 2 aromatic rings. The first-order valence-corrected chi connectivity index (χ1v) is 8.88. The van der Waals surface area contributed by atoms with Crippen LogP contribution in [0.1, 0.15) is 43.7 Å². The third-order valence-corrected chi connectivity index (χ3v) is 5.58.